The topological polar surface area (TPSA) is 20.3 Å². The first-order chi connectivity index (χ1) is 6.50. The summed E-state index contributed by atoms with van der Waals surface area (Å²) >= 11 is 9.61. The number of nitrogens with zero attached hydrogens (tertiary/aromatic N) is 1. The maximum Gasteiger partial charge on any atom is 0.285 e. The molecule has 5 heteroatoms. The van der Waals surface area contributed by atoms with Crippen LogP contribution in [0.4, 0.5) is 4.79 Å². The van der Waals surface area contributed by atoms with Gasteiger partial charge >= 0.3 is 0 Å². The lowest BCUT2D eigenvalue weighted by Crippen LogP contribution is -2.16. The van der Waals surface area contributed by atoms with Crippen LogP contribution in [0.25, 0.3) is 0 Å². The Morgan fingerprint density at radius 2 is 2.00 bits per heavy atom. The van der Waals surface area contributed by atoms with Crippen molar-refractivity contribution in [2.75, 3.05) is 14.1 Å². The fraction of sp³-hybridized carbons (Fsp3) is 0.222. The Labute approximate surface area is 98.9 Å². The summed E-state index contributed by atoms with van der Waals surface area (Å²) in [7, 11) is 3.45. The van der Waals surface area contributed by atoms with Crippen LogP contribution >= 0.6 is 37.0 Å². The molecule has 0 saturated carbocycles. The van der Waals surface area contributed by atoms with Crippen LogP contribution in [-0.4, -0.2) is 24.2 Å². The summed E-state index contributed by atoms with van der Waals surface area (Å²) in [5.41, 5.74) is 0. The molecule has 1 amide bonds. The standard InChI is InChI=1S/C9H11NOS3/c1-10(2)9(11)14-8-4-3-6(12)5-7(8)13/h3-5,12-13H,1-2H3. The van der Waals surface area contributed by atoms with E-state index in [4.69, 9.17) is 0 Å². The molecule has 1 aromatic rings. The molecule has 0 atom stereocenters. The molecule has 0 bridgehead atoms. The summed E-state index contributed by atoms with van der Waals surface area (Å²) in [4.78, 5) is 15.4. The zero-order valence-corrected chi connectivity index (χ0v) is 10.5. The van der Waals surface area contributed by atoms with Gasteiger partial charge in [0.1, 0.15) is 0 Å². The van der Waals surface area contributed by atoms with Crippen LogP contribution in [0, 0.1) is 0 Å². The van der Waals surface area contributed by atoms with Gasteiger partial charge in [0.25, 0.3) is 5.24 Å². The second-order valence-corrected chi connectivity index (χ2v) is 4.91. The molecule has 0 saturated heterocycles. The van der Waals surface area contributed by atoms with Gasteiger partial charge in [-0.3, -0.25) is 4.79 Å². The number of amides is 1. The molecule has 0 heterocycles. The third-order valence-corrected chi connectivity index (χ3v) is 3.42. The minimum Gasteiger partial charge on any atom is -0.339 e. The van der Waals surface area contributed by atoms with Crippen LogP contribution in [-0.2, 0) is 0 Å². The molecule has 0 spiro atoms. The molecule has 14 heavy (non-hydrogen) atoms. The number of benzene rings is 1. The van der Waals surface area contributed by atoms with E-state index in [0.717, 1.165) is 26.4 Å². The van der Waals surface area contributed by atoms with Crippen LogP contribution in [0.2, 0.25) is 0 Å². The molecule has 0 unspecified atom stereocenters. The largest absolute Gasteiger partial charge is 0.339 e. The van der Waals surface area contributed by atoms with Crippen molar-refractivity contribution in [3.05, 3.63) is 18.2 Å². The zero-order valence-electron chi connectivity index (χ0n) is 7.89. The van der Waals surface area contributed by atoms with Gasteiger partial charge in [0, 0.05) is 28.8 Å². The molecule has 2 nitrogen and oxygen atoms in total. The minimum atomic E-state index is -0.00721. The van der Waals surface area contributed by atoms with Gasteiger partial charge < -0.3 is 4.90 Å². The Hall–Kier alpha value is -0.260. The van der Waals surface area contributed by atoms with Gasteiger partial charge in [-0.1, -0.05) is 0 Å². The zero-order chi connectivity index (χ0) is 10.7. The van der Waals surface area contributed by atoms with Gasteiger partial charge in [0.05, 0.1) is 0 Å². The van der Waals surface area contributed by atoms with E-state index in [0.29, 0.717) is 0 Å². The van der Waals surface area contributed by atoms with Crippen molar-refractivity contribution in [2.24, 2.45) is 0 Å². The highest BCUT2D eigenvalue weighted by atomic mass is 32.2. The van der Waals surface area contributed by atoms with E-state index in [1.54, 1.807) is 14.1 Å². The molecule has 0 aliphatic rings. The maximum atomic E-state index is 11.4. The van der Waals surface area contributed by atoms with Gasteiger partial charge in [0.15, 0.2) is 0 Å². The average Bonchev–Trinajstić information content (AvgIpc) is 2.09. The molecular weight excluding hydrogens is 234 g/mol. The first-order valence-electron chi connectivity index (χ1n) is 3.92. The number of carbonyl (C=O) groups is 1. The molecule has 1 aromatic carbocycles. The summed E-state index contributed by atoms with van der Waals surface area (Å²) in [6.07, 6.45) is 0. The van der Waals surface area contributed by atoms with Crippen LogP contribution in [0.15, 0.2) is 32.9 Å². The predicted molar refractivity (Wildman–Crippen MR) is 65.9 cm³/mol. The van der Waals surface area contributed by atoms with Crippen LogP contribution in [0.5, 0.6) is 0 Å². The summed E-state index contributed by atoms with van der Waals surface area (Å²) in [5, 5.41) is -0.00721. The van der Waals surface area contributed by atoms with E-state index in [1.807, 2.05) is 18.2 Å². The first-order valence-corrected chi connectivity index (χ1v) is 5.63. The van der Waals surface area contributed by atoms with Crippen molar-refractivity contribution >= 4 is 42.3 Å². The minimum absolute atomic E-state index is 0.00721. The van der Waals surface area contributed by atoms with Gasteiger partial charge in [-0.25, -0.2) is 0 Å². The summed E-state index contributed by atoms with van der Waals surface area (Å²) in [5.74, 6) is 0. The average molecular weight is 245 g/mol. The van der Waals surface area contributed by atoms with Crippen molar-refractivity contribution < 1.29 is 4.79 Å². The Morgan fingerprint density at radius 3 is 2.50 bits per heavy atom. The van der Waals surface area contributed by atoms with E-state index in [-0.39, 0.29) is 5.24 Å². The first kappa shape index (κ1) is 11.8. The number of rotatable bonds is 1. The van der Waals surface area contributed by atoms with Crippen molar-refractivity contribution in [1.29, 1.82) is 0 Å². The van der Waals surface area contributed by atoms with E-state index in [1.165, 1.54) is 4.90 Å². The Morgan fingerprint density at radius 1 is 1.36 bits per heavy atom. The number of thiol groups is 2. The Kier molecular flexibility index (Phi) is 4.22. The molecule has 0 aliphatic heterocycles. The van der Waals surface area contributed by atoms with Crippen molar-refractivity contribution in [3.63, 3.8) is 0 Å². The lowest BCUT2D eigenvalue weighted by atomic mass is 10.4. The maximum absolute atomic E-state index is 11.4. The second-order valence-electron chi connectivity index (χ2n) is 2.91. The molecule has 76 valence electrons. The summed E-state index contributed by atoms with van der Waals surface area (Å²) in [6.45, 7) is 0. The van der Waals surface area contributed by atoms with E-state index in [9.17, 15) is 4.79 Å². The normalized spacial score (nSPS) is 10.0. The summed E-state index contributed by atoms with van der Waals surface area (Å²) < 4.78 is 0. The number of thioether (sulfide) groups is 1. The monoisotopic (exact) mass is 245 g/mol. The molecular formula is C9H11NOS3. The fourth-order valence-electron chi connectivity index (χ4n) is 0.777. The van der Waals surface area contributed by atoms with Crippen molar-refractivity contribution in [1.82, 2.24) is 4.90 Å². The smallest absolute Gasteiger partial charge is 0.285 e. The fourth-order valence-corrected chi connectivity index (χ4v) is 2.10. The highest BCUT2D eigenvalue weighted by Crippen LogP contribution is 2.28. The van der Waals surface area contributed by atoms with Gasteiger partial charge in [0.2, 0.25) is 0 Å². The van der Waals surface area contributed by atoms with Crippen molar-refractivity contribution in [3.8, 4) is 0 Å². The van der Waals surface area contributed by atoms with E-state index >= 15 is 0 Å². The van der Waals surface area contributed by atoms with Crippen LogP contribution in [0.1, 0.15) is 0 Å². The second kappa shape index (κ2) is 5.00. The third kappa shape index (κ3) is 3.15. The summed E-state index contributed by atoms with van der Waals surface area (Å²) in [6, 6.07) is 5.50. The van der Waals surface area contributed by atoms with Gasteiger partial charge in [-0.2, -0.15) is 0 Å². The van der Waals surface area contributed by atoms with Gasteiger partial charge in [-0.05, 0) is 30.0 Å². The molecule has 0 radical (unpaired) electrons. The van der Waals surface area contributed by atoms with E-state index < -0.39 is 0 Å². The predicted octanol–water partition coefficient (Wildman–Crippen LogP) is 3.04. The SMILES string of the molecule is CN(C)C(=O)Sc1ccc(S)cc1S. The molecule has 0 fully saturated rings. The molecule has 0 aliphatic carbocycles. The number of carbonyl (C=O) groups excluding carboxylic acids is 1. The highest BCUT2D eigenvalue weighted by molar-refractivity contribution is 8.13. The number of hydrogen-bond donors (Lipinski definition) is 2. The van der Waals surface area contributed by atoms with E-state index in [2.05, 4.69) is 25.3 Å². The Balaban J connectivity index is 2.82. The Bertz CT molecular complexity index is 352. The quantitative estimate of drug-likeness (QED) is 0.586. The molecule has 0 N–H and O–H groups in total. The van der Waals surface area contributed by atoms with Gasteiger partial charge in [-0.15, -0.1) is 25.3 Å². The molecule has 1 rings (SSSR count). The van der Waals surface area contributed by atoms with Crippen LogP contribution < -0.4 is 0 Å². The van der Waals surface area contributed by atoms with Crippen LogP contribution in [0.3, 0.4) is 0 Å². The van der Waals surface area contributed by atoms with Crippen molar-refractivity contribution in [2.45, 2.75) is 14.7 Å². The number of hydrogen-bond acceptors (Lipinski definition) is 4. The molecule has 0 aromatic heterocycles. The lowest BCUT2D eigenvalue weighted by molar-refractivity contribution is 0.241. The highest BCUT2D eigenvalue weighted by Gasteiger charge is 2.08. The third-order valence-electron chi connectivity index (χ3n) is 1.50. The lowest BCUT2D eigenvalue weighted by Gasteiger charge is -2.10.